The number of nitrogens with one attached hydrogen (secondary N) is 2. The molecule has 0 spiro atoms. The van der Waals surface area contributed by atoms with Crippen LogP contribution in [0.2, 0.25) is 25.2 Å². The largest absolute Gasteiger partial charge is 0.444 e. The molecule has 2 amide bonds. The number of carbonyl (C=O) groups excluding carboxylic acids is 2. The minimum Gasteiger partial charge on any atom is -0.444 e. The number of hydrogen-bond acceptors (Lipinski definition) is 5. The first kappa shape index (κ1) is 26.0. The highest BCUT2D eigenvalue weighted by atomic mass is 32.1. The van der Waals surface area contributed by atoms with Crippen LogP contribution in [-0.2, 0) is 4.74 Å². The van der Waals surface area contributed by atoms with E-state index in [1.54, 1.807) is 17.4 Å². The highest BCUT2D eigenvalue weighted by molar-refractivity contribution is 7.13. The molecular weight excluding hydrogens is 486 g/mol. The van der Waals surface area contributed by atoms with E-state index in [1.807, 2.05) is 74.7 Å². The maximum atomic E-state index is 13.2. The molecule has 4 rings (SSSR count). The topological polar surface area (TPSA) is 70.7 Å². The number of nitrogens with zero attached hydrogens (tertiary/aromatic N) is 1. The number of hydrogen-bond donors (Lipinski definition) is 2. The van der Waals surface area contributed by atoms with E-state index >= 15 is 0 Å². The zero-order valence-electron chi connectivity index (χ0n) is 21.7. The summed E-state index contributed by atoms with van der Waals surface area (Å²) in [6.45, 7) is 12.5. The Kier molecular flexibility index (Phi) is 7.56. The standard InChI is InChI=1S/C28H35N3O3SSi/c1-28(2,3)34-27(33)30-23-13-10-21(25-7-6-16-35-25)19-24(23)29-26(32)20-8-11-22(12-9-20)31-14-17-36(4,5)18-15-31/h6-13,16,19H,14-15,17-18H2,1-5H3,(H,29,32)(H,30,33). The van der Waals surface area contributed by atoms with Gasteiger partial charge in [0.05, 0.1) is 19.4 Å². The van der Waals surface area contributed by atoms with E-state index in [0.717, 1.165) is 29.2 Å². The molecule has 1 aliphatic heterocycles. The molecule has 0 atom stereocenters. The van der Waals surface area contributed by atoms with E-state index < -0.39 is 19.8 Å². The van der Waals surface area contributed by atoms with E-state index in [0.29, 0.717) is 16.9 Å². The minimum atomic E-state index is -1.04. The predicted octanol–water partition coefficient (Wildman–Crippen LogP) is 7.54. The third kappa shape index (κ3) is 6.76. The lowest BCUT2D eigenvalue weighted by atomic mass is 10.1. The van der Waals surface area contributed by atoms with Crippen LogP contribution in [0.25, 0.3) is 10.4 Å². The smallest absolute Gasteiger partial charge is 0.412 e. The summed E-state index contributed by atoms with van der Waals surface area (Å²) in [5, 5.41) is 7.78. The molecule has 1 saturated heterocycles. The lowest BCUT2D eigenvalue weighted by Gasteiger charge is -2.37. The lowest BCUT2D eigenvalue weighted by Crippen LogP contribution is -2.42. The summed E-state index contributed by atoms with van der Waals surface area (Å²) in [5.74, 6) is -0.232. The van der Waals surface area contributed by atoms with Crippen molar-refractivity contribution in [1.29, 1.82) is 0 Å². The van der Waals surface area contributed by atoms with E-state index in [-0.39, 0.29) is 5.91 Å². The predicted molar refractivity (Wildman–Crippen MR) is 153 cm³/mol. The first-order valence-corrected chi connectivity index (χ1v) is 16.6. The molecule has 0 saturated carbocycles. The van der Waals surface area contributed by atoms with E-state index in [4.69, 9.17) is 4.74 Å². The van der Waals surface area contributed by atoms with Crippen LogP contribution < -0.4 is 15.5 Å². The molecule has 36 heavy (non-hydrogen) atoms. The van der Waals surface area contributed by atoms with Gasteiger partial charge in [-0.25, -0.2) is 4.79 Å². The van der Waals surface area contributed by atoms with Crippen LogP contribution >= 0.6 is 11.3 Å². The molecule has 6 nitrogen and oxygen atoms in total. The van der Waals surface area contributed by atoms with Crippen molar-refractivity contribution in [2.24, 2.45) is 0 Å². The van der Waals surface area contributed by atoms with Crippen LogP contribution in [0.3, 0.4) is 0 Å². The second-order valence-corrected chi connectivity index (χ2v) is 17.3. The van der Waals surface area contributed by atoms with Crippen molar-refractivity contribution in [3.05, 3.63) is 65.5 Å². The average molecular weight is 522 g/mol. The van der Waals surface area contributed by atoms with Gasteiger partial charge in [-0.3, -0.25) is 10.1 Å². The SMILES string of the molecule is CC(C)(C)OC(=O)Nc1ccc(-c2cccs2)cc1NC(=O)c1ccc(N2CC[Si](C)(C)CC2)cc1. The van der Waals surface area contributed by atoms with Gasteiger partial charge >= 0.3 is 6.09 Å². The van der Waals surface area contributed by atoms with Gasteiger partial charge in [0.15, 0.2) is 0 Å². The third-order valence-corrected chi connectivity index (χ3v) is 10.4. The molecule has 0 unspecified atom stereocenters. The van der Waals surface area contributed by atoms with Crippen LogP contribution in [0.4, 0.5) is 21.9 Å². The van der Waals surface area contributed by atoms with Crippen molar-refractivity contribution < 1.29 is 14.3 Å². The Labute approximate surface area is 218 Å². The minimum absolute atomic E-state index is 0.232. The average Bonchev–Trinajstić information content (AvgIpc) is 3.34. The van der Waals surface area contributed by atoms with Gasteiger partial charge in [-0.2, -0.15) is 0 Å². The number of carbonyl (C=O) groups is 2. The monoisotopic (exact) mass is 521 g/mol. The Bertz CT molecular complexity index is 1210. The second-order valence-electron chi connectivity index (χ2n) is 11.0. The summed E-state index contributed by atoms with van der Waals surface area (Å²) in [4.78, 5) is 29.1. The number of amides is 2. The molecular formula is C28H35N3O3SSi. The maximum absolute atomic E-state index is 13.2. The van der Waals surface area contributed by atoms with Crippen molar-refractivity contribution in [3.8, 4) is 10.4 Å². The van der Waals surface area contributed by atoms with Crippen LogP contribution in [0.1, 0.15) is 31.1 Å². The van der Waals surface area contributed by atoms with Gasteiger partial charge in [0.2, 0.25) is 0 Å². The molecule has 2 N–H and O–H groups in total. The molecule has 8 heteroatoms. The molecule has 190 valence electrons. The fourth-order valence-electron chi connectivity index (χ4n) is 4.15. The fourth-order valence-corrected chi connectivity index (χ4v) is 6.88. The molecule has 1 aliphatic rings. The molecule has 2 aromatic carbocycles. The summed E-state index contributed by atoms with van der Waals surface area (Å²) in [5.41, 5.74) is 3.05. The Balaban J connectivity index is 1.52. The number of ether oxygens (including phenoxy) is 1. The fraction of sp³-hybridized carbons (Fsp3) is 0.357. The summed E-state index contributed by atoms with van der Waals surface area (Å²) in [6, 6.07) is 20.0. The van der Waals surface area contributed by atoms with E-state index in [9.17, 15) is 9.59 Å². The highest BCUT2D eigenvalue weighted by Gasteiger charge is 2.27. The molecule has 0 aliphatic carbocycles. The summed E-state index contributed by atoms with van der Waals surface area (Å²) in [7, 11) is -1.04. The second kappa shape index (κ2) is 10.5. The number of benzene rings is 2. The van der Waals surface area contributed by atoms with Gasteiger partial charge in [0, 0.05) is 29.2 Å². The van der Waals surface area contributed by atoms with Gasteiger partial charge in [-0.05, 0) is 86.3 Å². The summed E-state index contributed by atoms with van der Waals surface area (Å²) in [6.07, 6.45) is -0.570. The van der Waals surface area contributed by atoms with Gasteiger partial charge in [0.1, 0.15) is 5.60 Å². The summed E-state index contributed by atoms with van der Waals surface area (Å²) >= 11 is 1.62. The molecule has 1 aromatic heterocycles. The van der Waals surface area contributed by atoms with Gasteiger partial charge in [-0.15, -0.1) is 11.3 Å². The zero-order valence-corrected chi connectivity index (χ0v) is 23.5. The molecule has 0 bridgehead atoms. The Hall–Kier alpha value is -3.10. The molecule has 0 radical (unpaired) electrons. The number of anilines is 3. The van der Waals surface area contributed by atoms with Gasteiger partial charge in [-0.1, -0.05) is 25.2 Å². The van der Waals surface area contributed by atoms with E-state index in [1.165, 1.54) is 12.1 Å². The summed E-state index contributed by atoms with van der Waals surface area (Å²) < 4.78 is 5.41. The third-order valence-electron chi connectivity index (χ3n) is 6.32. The van der Waals surface area contributed by atoms with Crippen molar-refractivity contribution >= 4 is 48.5 Å². The number of thiophene rings is 1. The Morgan fingerprint density at radius 3 is 2.25 bits per heavy atom. The van der Waals surface area contributed by atoms with Crippen LogP contribution in [-0.4, -0.2) is 38.8 Å². The van der Waals surface area contributed by atoms with Crippen LogP contribution in [0.15, 0.2) is 60.0 Å². The van der Waals surface area contributed by atoms with E-state index in [2.05, 4.69) is 28.6 Å². The molecule has 3 aromatic rings. The molecule has 1 fully saturated rings. The van der Waals surface area contributed by atoms with Crippen molar-refractivity contribution in [1.82, 2.24) is 0 Å². The van der Waals surface area contributed by atoms with Crippen molar-refractivity contribution in [2.45, 2.75) is 51.6 Å². The van der Waals surface area contributed by atoms with Crippen LogP contribution in [0, 0.1) is 0 Å². The van der Waals surface area contributed by atoms with Crippen molar-refractivity contribution in [3.63, 3.8) is 0 Å². The molecule has 2 heterocycles. The highest BCUT2D eigenvalue weighted by Crippen LogP contribution is 2.32. The van der Waals surface area contributed by atoms with Gasteiger partial charge < -0.3 is 15.0 Å². The Morgan fingerprint density at radius 2 is 1.64 bits per heavy atom. The Morgan fingerprint density at radius 1 is 0.944 bits per heavy atom. The van der Waals surface area contributed by atoms with Crippen molar-refractivity contribution in [2.75, 3.05) is 28.6 Å². The first-order chi connectivity index (χ1) is 17.0. The number of rotatable bonds is 5. The zero-order chi connectivity index (χ0) is 25.9. The normalized spacial score (nSPS) is 15.3. The van der Waals surface area contributed by atoms with Crippen LogP contribution in [0.5, 0.6) is 0 Å². The lowest BCUT2D eigenvalue weighted by molar-refractivity contribution is 0.0635. The maximum Gasteiger partial charge on any atom is 0.412 e. The quantitative estimate of drug-likeness (QED) is 0.340. The van der Waals surface area contributed by atoms with Gasteiger partial charge in [0.25, 0.3) is 5.91 Å². The first-order valence-electron chi connectivity index (χ1n) is 12.3.